The largest absolute Gasteiger partial charge is 0.391 e. The lowest BCUT2D eigenvalue weighted by atomic mass is 10.1. The molecule has 1 aliphatic rings. The van der Waals surface area contributed by atoms with Crippen LogP contribution >= 0.6 is 0 Å². The number of hydrogen-bond donors (Lipinski definition) is 2. The standard InChI is InChI=1S/C17H26N2O3/c1-22-11-3-2-9-18-15-7-4-6-14(12-15)17(21)19-10-5-8-16(20)13-19/h4,6-7,12,16,18,20H,2-3,5,8-11,13H2,1H3. The molecule has 1 fully saturated rings. The first kappa shape index (κ1) is 16.8. The lowest BCUT2D eigenvalue weighted by molar-refractivity contribution is 0.0474. The highest BCUT2D eigenvalue weighted by Gasteiger charge is 2.23. The van der Waals surface area contributed by atoms with Gasteiger partial charge >= 0.3 is 0 Å². The zero-order chi connectivity index (χ0) is 15.8. The molecular formula is C17H26N2O3. The summed E-state index contributed by atoms with van der Waals surface area (Å²) in [6, 6.07) is 7.59. The number of benzene rings is 1. The van der Waals surface area contributed by atoms with Crippen molar-refractivity contribution in [3.8, 4) is 0 Å². The van der Waals surface area contributed by atoms with Gasteiger partial charge in [0.05, 0.1) is 6.10 Å². The average Bonchev–Trinajstić information content (AvgIpc) is 2.54. The van der Waals surface area contributed by atoms with E-state index < -0.39 is 0 Å². The summed E-state index contributed by atoms with van der Waals surface area (Å²) in [4.78, 5) is 14.2. The number of aliphatic hydroxyl groups is 1. The van der Waals surface area contributed by atoms with Crippen molar-refractivity contribution in [3.05, 3.63) is 29.8 Å². The van der Waals surface area contributed by atoms with Gasteiger partial charge in [0.1, 0.15) is 0 Å². The number of carbonyl (C=O) groups is 1. The first-order chi connectivity index (χ1) is 10.7. The summed E-state index contributed by atoms with van der Waals surface area (Å²) in [5.74, 6) is 0.00165. The van der Waals surface area contributed by atoms with Crippen LogP contribution in [-0.4, -0.2) is 55.4 Å². The van der Waals surface area contributed by atoms with E-state index in [9.17, 15) is 9.90 Å². The van der Waals surface area contributed by atoms with Crippen LogP contribution in [0.4, 0.5) is 5.69 Å². The Morgan fingerprint density at radius 2 is 2.32 bits per heavy atom. The van der Waals surface area contributed by atoms with Crippen LogP contribution in [0.15, 0.2) is 24.3 Å². The molecule has 0 saturated carbocycles. The van der Waals surface area contributed by atoms with Gasteiger partial charge < -0.3 is 20.1 Å². The molecule has 0 spiro atoms. The highest BCUT2D eigenvalue weighted by Crippen LogP contribution is 2.16. The first-order valence-electron chi connectivity index (χ1n) is 8.01. The van der Waals surface area contributed by atoms with Crippen LogP contribution in [0.1, 0.15) is 36.0 Å². The van der Waals surface area contributed by atoms with Crippen LogP contribution in [0.25, 0.3) is 0 Å². The van der Waals surface area contributed by atoms with Gasteiger partial charge in [0.15, 0.2) is 0 Å². The highest BCUT2D eigenvalue weighted by molar-refractivity contribution is 5.95. The number of ether oxygens (including phenoxy) is 1. The number of hydrogen-bond acceptors (Lipinski definition) is 4. The molecular weight excluding hydrogens is 280 g/mol. The number of unbranched alkanes of at least 4 members (excludes halogenated alkanes) is 1. The molecule has 122 valence electrons. The maximum absolute atomic E-state index is 12.5. The Morgan fingerprint density at radius 3 is 3.09 bits per heavy atom. The summed E-state index contributed by atoms with van der Waals surface area (Å²) in [5.41, 5.74) is 1.64. The zero-order valence-corrected chi connectivity index (χ0v) is 13.3. The van der Waals surface area contributed by atoms with Gasteiger partial charge in [0.25, 0.3) is 5.91 Å². The Hall–Kier alpha value is -1.59. The molecule has 5 nitrogen and oxygen atoms in total. The number of amides is 1. The normalized spacial score (nSPS) is 18.3. The number of carbonyl (C=O) groups excluding carboxylic acids is 1. The number of piperidine rings is 1. The molecule has 2 rings (SSSR count). The van der Waals surface area contributed by atoms with Crippen LogP contribution in [0, 0.1) is 0 Å². The number of β-amino-alcohol motifs (C(OH)–C–C–N with tert-alkyl or cyclic N) is 1. The first-order valence-corrected chi connectivity index (χ1v) is 8.01. The van der Waals surface area contributed by atoms with Crippen molar-refractivity contribution in [2.45, 2.75) is 31.8 Å². The molecule has 0 radical (unpaired) electrons. The van der Waals surface area contributed by atoms with Crippen molar-refractivity contribution in [1.29, 1.82) is 0 Å². The predicted molar refractivity (Wildman–Crippen MR) is 87.2 cm³/mol. The minimum atomic E-state index is -0.389. The maximum atomic E-state index is 12.5. The van der Waals surface area contributed by atoms with E-state index in [4.69, 9.17) is 4.74 Å². The number of methoxy groups -OCH3 is 1. The third-order valence-electron chi connectivity index (χ3n) is 3.90. The molecule has 1 amide bonds. The second-order valence-electron chi connectivity index (χ2n) is 5.75. The molecule has 1 unspecified atom stereocenters. The van der Waals surface area contributed by atoms with Crippen LogP contribution in [0.3, 0.4) is 0 Å². The number of likely N-dealkylation sites (tertiary alicyclic amines) is 1. The van der Waals surface area contributed by atoms with E-state index in [1.54, 1.807) is 12.0 Å². The van der Waals surface area contributed by atoms with Gasteiger partial charge in [-0.3, -0.25) is 4.79 Å². The van der Waals surface area contributed by atoms with E-state index in [0.717, 1.165) is 51.1 Å². The monoisotopic (exact) mass is 306 g/mol. The fraction of sp³-hybridized carbons (Fsp3) is 0.588. The highest BCUT2D eigenvalue weighted by atomic mass is 16.5. The molecule has 1 heterocycles. The smallest absolute Gasteiger partial charge is 0.254 e. The second kappa shape index (κ2) is 8.76. The van der Waals surface area contributed by atoms with Crippen molar-refractivity contribution < 1.29 is 14.6 Å². The van der Waals surface area contributed by atoms with Gasteiger partial charge in [-0.25, -0.2) is 0 Å². The second-order valence-corrected chi connectivity index (χ2v) is 5.75. The van der Waals surface area contributed by atoms with Crippen molar-refractivity contribution in [3.63, 3.8) is 0 Å². The van der Waals surface area contributed by atoms with Gasteiger partial charge in [-0.2, -0.15) is 0 Å². The molecule has 0 aliphatic carbocycles. The van der Waals surface area contributed by atoms with Crippen molar-refractivity contribution >= 4 is 11.6 Å². The molecule has 1 atom stereocenters. The van der Waals surface area contributed by atoms with Crippen molar-refractivity contribution in [1.82, 2.24) is 4.90 Å². The fourth-order valence-electron chi connectivity index (χ4n) is 2.69. The van der Waals surface area contributed by atoms with E-state index in [-0.39, 0.29) is 12.0 Å². The maximum Gasteiger partial charge on any atom is 0.254 e. The summed E-state index contributed by atoms with van der Waals surface area (Å²) in [7, 11) is 1.71. The molecule has 1 aromatic rings. The Morgan fingerprint density at radius 1 is 1.45 bits per heavy atom. The number of aliphatic hydroxyl groups excluding tert-OH is 1. The van der Waals surface area contributed by atoms with Gasteiger partial charge in [0, 0.05) is 44.6 Å². The minimum Gasteiger partial charge on any atom is -0.391 e. The summed E-state index contributed by atoms with van der Waals surface area (Å²) >= 11 is 0. The van der Waals surface area contributed by atoms with Gasteiger partial charge in [0.2, 0.25) is 0 Å². The molecule has 1 aliphatic heterocycles. The summed E-state index contributed by atoms with van der Waals surface area (Å²) in [6.07, 6.45) is 3.31. The van der Waals surface area contributed by atoms with E-state index in [2.05, 4.69) is 5.32 Å². The number of rotatable bonds is 7. The number of nitrogens with zero attached hydrogens (tertiary/aromatic N) is 1. The van der Waals surface area contributed by atoms with Gasteiger partial charge in [-0.15, -0.1) is 0 Å². The molecule has 1 aromatic carbocycles. The molecule has 22 heavy (non-hydrogen) atoms. The quantitative estimate of drug-likeness (QED) is 0.758. The molecule has 0 bridgehead atoms. The van der Waals surface area contributed by atoms with Gasteiger partial charge in [-0.05, 0) is 43.9 Å². The van der Waals surface area contributed by atoms with Crippen LogP contribution < -0.4 is 5.32 Å². The van der Waals surface area contributed by atoms with Crippen LogP contribution in [0.2, 0.25) is 0 Å². The Balaban J connectivity index is 1.88. The SMILES string of the molecule is COCCCCNc1cccc(C(=O)N2CCCC(O)C2)c1. The van der Waals surface area contributed by atoms with Gasteiger partial charge in [-0.1, -0.05) is 6.07 Å². The third-order valence-corrected chi connectivity index (χ3v) is 3.90. The topological polar surface area (TPSA) is 61.8 Å². The minimum absolute atomic E-state index is 0.00165. The third kappa shape index (κ3) is 5.00. The van der Waals surface area contributed by atoms with Crippen LogP contribution in [-0.2, 0) is 4.74 Å². The number of nitrogens with one attached hydrogen (secondary N) is 1. The Labute approximate surface area is 132 Å². The van der Waals surface area contributed by atoms with E-state index in [0.29, 0.717) is 12.1 Å². The Kier molecular flexibility index (Phi) is 6.68. The van der Waals surface area contributed by atoms with E-state index in [1.165, 1.54) is 0 Å². The lowest BCUT2D eigenvalue weighted by Gasteiger charge is -2.30. The molecule has 2 N–H and O–H groups in total. The van der Waals surface area contributed by atoms with E-state index in [1.807, 2.05) is 24.3 Å². The van der Waals surface area contributed by atoms with Crippen molar-refractivity contribution in [2.24, 2.45) is 0 Å². The summed E-state index contributed by atoms with van der Waals surface area (Å²) < 4.78 is 5.02. The molecule has 0 aromatic heterocycles. The van der Waals surface area contributed by atoms with Crippen LogP contribution in [0.5, 0.6) is 0 Å². The average molecular weight is 306 g/mol. The van der Waals surface area contributed by atoms with E-state index >= 15 is 0 Å². The zero-order valence-electron chi connectivity index (χ0n) is 13.3. The number of anilines is 1. The summed E-state index contributed by atoms with van der Waals surface area (Å²) in [6.45, 7) is 2.80. The van der Waals surface area contributed by atoms with Crippen molar-refractivity contribution in [2.75, 3.05) is 38.7 Å². The fourth-order valence-corrected chi connectivity index (χ4v) is 2.69. The Bertz CT molecular complexity index is 479. The lowest BCUT2D eigenvalue weighted by Crippen LogP contribution is -2.42. The molecule has 1 saturated heterocycles. The molecule has 5 heteroatoms. The summed E-state index contributed by atoms with van der Waals surface area (Å²) in [5, 5.41) is 13.0. The predicted octanol–water partition coefficient (Wildman–Crippen LogP) is 2.12.